The van der Waals surface area contributed by atoms with Gasteiger partial charge < -0.3 is 10.6 Å². The molecule has 1 aromatic rings. The Morgan fingerprint density at radius 3 is 2.15 bits per heavy atom. The molecule has 3 N–H and O–H groups in total. The van der Waals surface area contributed by atoms with Gasteiger partial charge in [0.15, 0.2) is 5.96 Å². The molecule has 0 atom stereocenters. The molecule has 0 saturated heterocycles. The predicted molar refractivity (Wildman–Crippen MR) is 112 cm³/mol. The van der Waals surface area contributed by atoms with E-state index in [1.54, 1.807) is 31.3 Å². The zero-order chi connectivity index (χ0) is 20.4. The Bertz CT molecular complexity index is 677. The first kappa shape index (κ1) is 23.4. The van der Waals surface area contributed by atoms with Crippen LogP contribution in [0.1, 0.15) is 39.7 Å². The first-order valence-electron chi connectivity index (χ1n) is 9.44. The number of rotatable bonds is 10. The first-order chi connectivity index (χ1) is 12.7. The number of hydrogen-bond acceptors (Lipinski definition) is 4. The van der Waals surface area contributed by atoms with E-state index in [2.05, 4.69) is 52.9 Å². The standard InChI is InChI=1S/C19H35N5O2S/c1-15(2)24(16(3)4)13-7-12-22-19(20-5)23-14-17-8-10-18(11-9-17)27(25,26)21-6/h8-11,15-16,21H,7,12-14H2,1-6H3,(H2,20,22,23). The molecule has 0 heterocycles. The third-order valence-corrected chi connectivity index (χ3v) is 5.83. The highest BCUT2D eigenvalue weighted by Crippen LogP contribution is 2.10. The highest BCUT2D eigenvalue weighted by molar-refractivity contribution is 7.89. The second-order valence-electron chi connectivity index (χ2n) is 6.98. The summed E-state index contributed by atoms with van der Waals surface area (Å²) >= 11 is 0. The monoisotopic (exact) mass is 397 g/mol. The van der Waals surface area contributed by atoms with Crippen LogP contribution in [0.15, 0.2) is 34.2 Å². The summed E-state index contributed by atoms with van der Waals surface area (Å²) in [5.74, 6) is 0.738. The van der Waals surface area contributed by atoms with Crippen molar-refractivity contribution in [3.8, 4) is 0 Å². The fourth-order valence-electron chi connectivity index (χ4n) is 2.89. The van der Waals surface area contributed by atoms with Gasteiger partial charge in [0, 0.05) is 38.8 Å². The van der Waals surface area contributed by atoms with E-state index in [0.717, 1.165) is 31.0 Å². The van der Waals surface area contributed by atoms with Gasteiger partial charge in [0.1, 0.15) is 0 Å². The molecule has 0 fully saturated rings. The van der Waals surface area contributed by atoms with E-state index in [1.165, 1.54) is 7.05 Å². The normalized spacial score (nSPS) is 12.9. The molecular formula is C19H35N5O2S. The zero-order valence-electron chi connectivity index (χ0n) is 17.4. The second kappa shape index (κ2) is 11.3. The molecule has 0 aliphatic carbocycles. The minimum absolute atomic E-state index is 0.260. The van der Waals surface area contributed by atoms with E-state index < -0.39 is 10.0 Å². The van der Waals surface area contributed by atoms with Gasteiger partial charge >= 0.3 is 0 Å². The molecule has 0 aromatic heterocycles. The molecule has 0 aliphatic heterocycles. The van der Waals surface area contributed by atoms with Crippen LogP contribution in [0.4, 0.5) is 0 Å². The zero-order valence-corrected chi connectivity index (χ0v) is 18.2. The molecular weight excluding hydrogens is 362 g/mol. The number of aliphatic imine (C=N–C) groups is 1. The molecule has 8 heteroatoms. The number of benzene rings is 1. The second-order valence-corrected chi connectivity index (χ2v) is 8.87. The van der Waals surface area contributed by atoms with E-state index in [9.17, 15) is 8.42 Å². The summed E-state index contributed by atoms with van der Waals surface area (Å²) in [5, 5.41) is 6.58. The van der Waals surface area contributed by atoms with Gasteiger partial charge in [-0.15, -0.1) is 0 Å². The summed E-state index contributed by atoms with van der Waals surface area (Å²) in [6, 6.07) is 7.88. The molecule has 0 radical (unpaired) electrons. The highest BCUT2D eigenvalue weighted by atomic mass is 32.2. The minimum atomic E-state index is -3.40. The summed E-state index contributed by atoms with van der Waals surface area (Å²) < 4.78 is 25.8. The lowest BCUT2D eigenvalue weighted by Gasteiger charge is -2.30. The molecule has 0 spiro atoms. The Balaban J connectivity index is 2.44. The molecule has 154 valence electrons. The number of hydrogen-bond donors (Lipinski definition) is 3. The van der Waals surface area contributed by atoms with Gasteiger partial charge in [0.2, 0.25) is 10.0 Å². The number of nitrogens with zero attached hydrogens (tertiary/aromatic N) is 2. The summed E-state index contributed by atoms with van der Waals surface area (Å²) in [6.07, 6.45) is 1.04. The Labute approximate surface area is 164 Å². The van der Waals surface area contributed by atoms with E-state index in [0.29, 0.717) is 18.6 Å². The quantitative estimate of drug-likeness (QED) is 0.318. The predicted octanol–water partition coefficient (Wildman–Crippen LogP) is 1.77. The summed E-state index contributed by atoms with van der Waals surface area (Å²) in [7, 11) is -0.249. The maximum absolute atomic E-state index is 11.7. The van der Waals surface area contributed by atoms with E-state index >= 15 is 0 Å². The fraction of sp³-hybridized carbons (Fsp3) is 0.632. The van der Waals surface area contributed by atoms with Crippen molar-refractivity contribution in [1.82, 2.24) is 20.3 Å². The topological polar surface area (TPSA) is 85.8 Å². The highest BCUT2D eigenvalue weighted by Gasteiger charge is 2.12. The Morgan fingerprint density at radius 2 is 1.67 bits per heavy atom. The molecule has 27 heavy (non-hydrogen) atoms. The van der Waals surface area contributed by atoms with Crippen LogP contribution in [-0.2, 0) is 16.6 Å². The lowest BCUT2D eigenvalue weighted by molar-refractivity contribution is 0.173. The largest absolute Gasteiger partial charge is 0.356 e. The third kappa shape index (κ3) is 7.86. The van der Waals surface area contributed by atoms with Crippen LogP contribution >= 0.6 is 0 Å². The number of nitrogens with one attached hydrogen (secondary N) is 3. The van der Waals surface area contributed by atoms with E-state index in [-0.39, 0.29) is 4.90 Å². The first-order valence-corrected chi connectivity index (χ1v) is 10.9. The van der Waals surface area contributed by atoms with Gasteiger partial charge in [-0.05, 0) is 58.9 Å². The average Bonchev–Trinajstić information content (AvgIpc) is 2.63. The molecule has 7 nitrogen and oxygen atoms in total. The van der Waals surface area contributed by atoms with Gasteiger partial charge in [-0.2, -0.15) is 0 Å². The van der Waals surface area contributed by atoms with Crippen molar-refractivity contribution in [2.45, 2.75) is 57.6 Å². The number of sulfonamides is 1. The molecule has 0 aliphatic rings. The lowest BCUT2D eigenvalue weighted by Crippen LogP contribution is -2.41. The maximum atomic E-state index is 11.7. The van der Waals surface area contributed by atoms with Gasteiger partial charge in [0.05, 0.1) is 4.90 Å². The summed E-state index contributed by atoms with van der Waals surface area (Å²) in [5.41, 5.74) is 0.985. The van der Waals surface area contributed by atoms with Gasteiger partial charge in [-0.25, -0.2) is 13.1 Å². The Hall–Kier alpha value is -1.64. The minimum Gasteiger partial charge on any atom is -0.356 e. The van der Waals surface area contributed by atoms with Gasteiger partial charge in [0.25, 0.3) is 0 Å². The summed E-state index contributed by atoms with van der Waals surface area (Å²) in [6.45, 7) is 11.4. The fourth-order valence-corrected chi connectivity index (χ4v) is 3.62. The van der Waals surface area contributed by atoms with Crippen LogP contribution in [0, 0.1) is 0 Å². The maximum Gasteiger partial charge on any atom is 0.240 e. The lowest BCUT2D eigenvalue weighted by atomic mass is 10.2. The van der Waals surface area contributed by atoms with Crippen molar-refractivity contribution in [2.24, 2.45) is 4.99 Å². The Kier molecular flexibility index (Phi) is 9.76. The molecule has 0 saturated carbocycles. The van der Waals surface area contributed by atoms with Crippen molar-refractivity contribution < 1.29 is 8.42 Å². The average molecular weight is 398 g/mol. The van der Waals surface area contributed by atoms with Crippen molar-refractivity contribution in [1.29, 1.82) is 0 Å². The van der Waals surface area contributed by atoms with Crippen LogP contribution in [0.5, 0.6) is 0 Å². The molecule has 0 amide bonds. The van der Waals surface area contributed by atoms with Crippen LogP contribution in [0.25, 0.3) is 0 Å². The SMILES string of the molecule is CN=C(NCCCN(C(C)C)C(C)C)NCc1ccc(S(=O)(=O)NC)cc1. The van der Waals surface area contributed by atoms with Crippen molar-refractivity contribution in [3.05, 3.63) is 29.8 Å². The molecule has 1 aromatic carbocycles. The van der Waals surface area contributed by atoms with Crippen LogP contribution < -0.4 is 15.4 Å². The van der Waals surface area contributed by atoms with Crippen molar-refractivity contribution >= 4 is 16.0 Å². The van der Waals surface area contributed by atoms with Gasteiger partial charge in [-0.3, -0.25) is 9.89 Å². The van der Waals surface area contributed by atoms with Crippen molar-refractivity contribution in [3.63, 3.8) is 0 Å². The Morgan fingerprint density at radius 1 is 1.07 bits per heavy atom. The van der Waals surface area contributed by atoms with E-state index in [1.807, 2.05) is 0 Å². The van der Waals surface area contributed by atoms with Gasteiger partial charge in [-0.1, -0.05) is 12.1 Å². The summed E-state index contributed by atoms with van der Waals surface area (Å²) in [4.78, 5) is 6.97. The molecule has 1 rings (SSSR count). The van der Waals surface area contributed by atoms with Crippen LogP contribution in [0.3, 0.4) is 0 Å². The van der Waals surface area contributed by atoms with Crippen LogP contribution in [-0.4, -0.2) is 58.5 Å². The van der Waals surface area contributed by atoms with Crippen molar-refractivity contribution in [2.75, 3.05) is 27.2 Å². The van der Waals surface area contributed by atoms with E-state index in [4.69, 9.17) is 0 Å². The van der Waals surface area contributed by atoms with Crippen LogP contribution in [0.2, 0.25) is 0 Å². The number of guanidine groups is 1. The smallest absolute Gasteiger partial charge is 0.240 e. The third-order valence-electron chi connectivity index (χ3n) is 4.40. The molecule has 0 bridgehead atoms. The molecule has 0 unspecified atom stereocenters.